The minimum absolute atomic E-state index is 0.0300. The van der Waals surface area contributed by atoms with Crippen LogP contribution in [0.5, 0.6) is 0 Å². The highest BCUT2D eigenvalue weighted by Crippen LogP contribution is 2.62. The molecule has 3 nitrogen and oxygen atoms in total. The quantitative estimate of drug-likeness (QED) is 0.711. The topological polar surface area (TPSA) is 37.4 Å². The molecule has 2 amide bonds. The van der Waals surface area contributed by atoms with Gasteiger partial charge in [-0.1, -0.05) is 55.0 Å². The largest absolute Gasteiger partial charge is 0.279 e. The van der Waals surface area contributed by atoms with Crippen molar-refractivity contribution >= 4 is 11.8 Å². The molecule has 1 heterocycles. The molecule has 0 N–H and O–H groups in total. The van der Waals surface area contributed by atoms with Crippen molar-refractivity contribution < 1.29 is 9.59 Å². The van der Waals surface area contributed by atoms with E-state index in [0.717, 1.165) is 12.3 Å². The lowest BCUT2D eigenvalue weighted by Gasteiger charge is -2.45. The summed E-state index contributed by atoms with van der Waals surface area (Å²) >= 11 is 0. The van der Waals surface area contributed by atoms with Gasteiger partial charge >= 0.3 is 0 Å². The van der Waals surface area contributed by atoms with Gasteiger partial charge in [0.25, 0.3) is 0 Å². The van der Waals surface area contributed by atoms with Gasteiger partial charge in [0.05, 0.1) is 11.8 Å². The zero-order valence-corrected chi connectivity index (χ0v) is 15.8. The number of fused-ring (bicyclic) bond motifs is 2. The fraction of sp³-hybridized carbons (Fsp3) is 0.440. The molecule has 5 aliphatic carbocycles. The van der Waals surface area contributed by atoms with Crippen LogP contribution in [0.2, 0.25) is 0 Å². The summed E-state index contributed by atoms with van der Waals surface area (Å²) in [5.41, 5.74) is 5.07. The van der Waals surface area contributed by atoms with E-state index in [0.29, 0.717) is 5.92 Å². The maximum Gasteiger partial charge on any atom is 0.234 e. The zero-order chi connectivity index (χ0) is 18.6. The summed E-state index contributed by atoms with van der Waals surface area (Å²) in [5.74, 6) is 1.15. The van der Waals surface area contributed by atoms with Crippen LogP contribution in [0.4, 0.5) is 0 Å². The predicted octanol–water partition coefficient (Wildman–Crippen LogP) is 4.07. The fourth-order valence-corrected chi connectivity index (χ4v) is 7.55. The first-order valence-electron chi connectivity index (χ1n) is 10.8. The van der Waals surface area contributed by atoms with Gasteiger partial charge in [-0.3, -0.25) is 14.5 Å². The Morgan fingerprint density at radius 2 is 1.18 bits per heavy atom. The van der Waals surface area contributed by atoms with E-state index in [9.17, 15) is 9.59 Å². The molecule has 0 spiro atoms. The molecule has 3 heteroatoms. The molecule has 3 fully saturated rings. The SMILES string of the molecule is O=C1[C@@H]2C3c4ccccc4C(c4ccccc43)[C@H]2C(=O)N1[C@H]1C[C@H]2CC[C@H]1C2. The number of benzene rings is 2. The van der Waals surface area contributed by atoms with Crippen LogP contribution in [-0.2, 0) is 9.59 Å². The number of hydrogen-bond donors (Lipinski definition) is 0. The highest BCUT2D eigenvalue weighted by atomic mass is 16.2. The number of imide groups is 1. The van der Waals surface area contributed by atoms with Crippen molar-refractivity contribution in [2.45, 2.75) is 43.6 Å². The average molecular weight is 369 g/mol. The molecule has 2 saturated carbocycles. The molecule has 0 unspecified atom stereocenters. The molecule has 0 radical (unpaired) electrons. The minimum Gasteiger partial charge on any atom is -0.279 e. The summed E-state index contributed by atoms with van der Waals surface area (Å²) in [6.07, 6.45) is 4.72. The second-order valence-electron chi connectivity index (χ2n) is 9.55. The van der Waals surface area contributed by atoms with E-state index in [2.05, 4.69) is 48.5 Å². The fourth-order valence-electron chi connectivity index (χ4n) is 7.55. The lowest BCUT2D eigenvalue weighted by atomic mass is 9.55. The van der Waals surface area contributed by atoms with Crippen molar-refractivity contribution in [3.05, 3.63) is 70.8 Å². The Bertz CT molecular complexity index is 927. The molecule has 5 atom stereocenters. The van der Waals surface area contributed by atoms with Crippen molar-refractivity contribution in [2.24, 2.45) is 23.7 Å². The Morgan fingerprint density at radius 1 is 0.679 bits per heavy atom. The van der Waals surface area contributed by atoms with Crippen molar-refractivity contribution in [3.8, 4) is 0 Å². The van der Waals surface area contributed by atoms with Crippen LogP contribution in [0.3, 0.4) is 0 Å². The number of carbonyl (C=O) groups is 2. The Morgan fingerprint density at radius 3 is 1.57 bits per heavy atom. The van der Waals surface area contributed by atoms with Gasteiger partial charge < -0.3 is 0 Å². The highest BCUT2D eigenvalue weighted by molar-refractivity contribution is 6.08. The molecule has 1 aliphatic heterocycles. The molecule has 28 heavy (non-hydrogen) atoms. The van der Waals surface area contributed by atoms with E-state index >= 15 is 0 Å². The Hall–Kier alpha value is -2.42. The van der Waals surface area contributed by atoms with Crippen molar-refractivity contribution in [3.63, 3.8) is 0 Å². The lowest BCUT2D eigenvalue weighted by molar-refractivity contribution is -0.144. The Balaban J connectivity index is 1.40. The first-order valence-corrected chi connectivity index (χ1v) is 10.8. The van der Waals surface area contributed by atoms with Gasteiger partial charge in [-0.2, -0.15) is 0 Å². The van der Waals surface area contributed by atoms with E-state index in [4.69, 9.17) is 0 Å². The maximum absolute atomic E-state index is 13.7. The Kier molecular flexibility index (Phi) is 2.84. The monoisotopic (exact) mass is 369 g/mol. The van der Waals surface area contributed by atoms with E-state index in [1.807, 2.05) is 0 Å². The molecule has 2 aromatic rings. The summed E-state index contributed by atoms with van der Waals surface area (Å²) in [6, 6.07) is 17.2. The smallest absolute Gasteiger partial charge is 0.234 e. The third kappa shape index (κ3) is 1.68. The number of amides is 2. The zero-order valence-electron chi connectivity index (χ0n) is 15.8. The van der Waals surface area contributed by atoms with Crippen molar-refractivity contribution in [1.29, 1.82) is 0 Å². The van der Waals surface area contributed by atoms with E-state index in [1.165, 1.54) is 41.5 Å². The van der Waals surface area contributed by atoms with Crippen LogP contribution < -0.4 is 0 Å². The van der Waals surface area contributed by atoms with Gasteiger partial charge in [-0.05, 0) is 53.4 Å². The van der Waals surface area contributed by atoms with Crippen LogP contribution in [0.15, 0.2) is 48.5 Å². The van der Waals surface area contributed by atoms with Crippen LogP contribution in [0, 0.1) is 23.7 Å². The lowest BCUT2D eigenvalue weighted by Crippen LogP contribution is -2.43. The number of likely N-dealkylation sites (tertiary alicyclic amines) is 1. The third-order valence-corrected chi connectivity index (χ3v) is 8.51. The first-order chi connectivity index (χ1) is 13.7. The number of nitrogens with zero attached hydrogens (tertiary/aromatic N) is 1. The van der Waals surface area contributed by atoms with Crippen LogP contribution >= 0.6 is 0 Å². The van der Waals surface area contributed by atoms with Gasteiger partial charge in [-0.15, -0.1) is 0 Å². The second kappa shape index (κ2) is 5.14. The summed E-state index contributed by atoms with van der Waals surface area (Å²) in [6.45, 7) is 0. The van der Waals surface area contributed by atoms with Gasteiger partial charge in [-0.25, -0.2) is 0 Å². The molecular formula is C25H23NO2. The molecule has 140 valence electrons. The maximum atomic E-state index is 13.7. The Labute approximate surface area is 164 Å². The van der Waals surface area contributed by atoms with Gasteiger partial charge in [0.15, 0.2) is 0 Å². The summed E-state index contributed by atoms with van der Waals surface area (Å²) in [7, 11) is 0. The molecule has 4 bridgehead atoms. The summed E-state index contributed by atoms with van der Waals surface area (Å²) in [5, 5.41) is 0. The van der Waals surface area contributed by atoms with Crippen molar-refractivity contribution in [1.82, 2.24) is 4.90 Å². The van der Waals surface area contributed by atoms with Crippen molar-refractivity contribution in [2.75, 3.05) is 0 Å². The van der Waals surface area contributed by atoms with Gasteiger partial charge in [0, 0.05) is 17.9 Å². The molecule has 6 aliphatic rings. The van der Waals surface area contributed by atoms with E-state index < -0.39 is 0 Å². The molecule has 8 rings (SSSR count). The summed E-state index contributed by atoms with van der Waals surface area (Å²) in [4.78, 5) is 29.2. The molecule has 0 aromatic heterocycles. The normalized spacial score (nSPS) is 39.3. The van der Waals surface area contributed by atoms with Crippen LogP contribution in [0.25, 0.3) is 0 Å². The number of hydrogen-bond acceptors (Lipinski definition) is 2. The molecule has 2 aromatic carbocycles. The average Bonchev–Trinajstić information content (AvgIpc) is 3.42. The minimum atomic E-state index is -0.207. The third-order valence-electron chi connectivity index (χ3n) is 8.51. The van der Waals surface area contributed by atoms with E-state index in [-0.39, 0.29) is 41.5 Å². The van der Waals surface area contributed by atoms with Gasteiger partial charge in [0.2, 0.25) is 11.8 Å². The van der Waals surface area contributed by atoms with Gasteiger partial charge in [0.1, 0.15) is 0 Å². The summed E-state index contributed by atoms with van der Waals surface area (Å²) < 4.78 is 0. The highest BCUT2D eigenvalue weighted by Gasteiger charge is 2.63. The second-order valence-corrected chi connectivity index (χ2v) is 9.55. The first kappa shape index (κ1) is 15.5. The molecular weight excluding hydrogens is 346 g/mol. The van der Waals surface area contributed by atoms with E-state index in [1.54, 1.807) is 4.90 Å². The van der Waals surface area contributed by atoms with Crippen LogP contribution in [0.1, 0.15) is 59.8 Å². The standard InChI is InChI=1S/C25H23NO2/c27-24-22-20-15-5-1-2-6-16(15)21(18-8-4-3-7-17(18)20)23(22)25(28)26(24)19-12-13-9-10-14(19)11-13/h1-8,13-14,19-23H,9-12H2/t13-,14-,19-,20?,21?,22+,23+/m0/s1. The number of rotatable bonds is 1. The number of carbonyl (C=O) groups excluding carboxylic acids is 2. The van der Waals surface area contributed by atoms with Crippen LogP contribution in [-0.4, -0.2) is 22.8 Å². The molecule has 1 saturated heterocycles. The predicted molar refractivity (Wildman–Crippen MR) is 105 cm³/mol.